The highest BCUT2D eigenvalue weighted by atomic mass is 32.1. The Kier molecular flexibility index (Phi) is 4.15. The Hall–Kier alpha value is -1.95. The number of carbonyl (C=O) groups excluding carboxylic acids is 1. The third kappa shape index (κ3) is 3.39. The van der Waals surface area contributed by atoms with Gasteiger partial charge < -0.3 is 10.2 Å². The Morgan fingerprint density at radius 3 is 2.90 bits per heavy atom. The van der Waals surface area contributed by atoms with E-state index in [1.54, 1.807) is 0 Å². The van der Waals surface area contributed by atoms with Crippen molar-refractivity contribution in [3.8, 4) is 0 Å². The summed E-state index contributed by atoms with van der Waals surface area (Å²) in [6.07, 6.45) is 2.39. The van der Waals surface area contributed by atoms with E-state index in [-0.39, 0.29) is 5.91 Å². The van der Waals surface area contributed by atoms with Crippen molar-refractivity contribution < 1.29 is 4.79 Å². The fourth-order valence-corrected chi connectivity index (χ4v) is 3.07. The largest absolute Gasteiger partial charge is 0.346 e. The van der Waals surface area contributed by atoms with Gasteiger partial charge in [-0.1, -0.05) is 0 Å². The van der Waals surface area contributed by atoms with Gasteiger partial charge in [0.15, 0.2) is 0 Å². The van der Waals surface area contributed by atoms with E-state index in [1.165, 1.54) is 24.2 Å². The fourth-order valence-electron chi connectivity index (χ4n) is 2.43. The van der Waals surface area contributed by atoms with Crippen LogP contribution in [0.25, 0.3) is 0 Å². The minimum atomic E-state index is -0.0600. The lowest BCUT2D eigenvalue weighted by Gasteiger charge is -2.16. The maximum Gasteiger partial charge on any atom is 0.252 e. The summed E-state index contributed by atoms with van der Waals surface area (Å²) >= 11 is 1.52. The van der Waals surface area contributed by atoms with Crippen molar-refractivity contribution in [3.63, 3.8) is 0 Å². The van der Waals surface area contributed by atoms with Gasteiger partial charge in [0.2, 0.25) is 5.95 Å². The van der Waals surface area contributed by atoms with E-state index < -0.39 is 0 Å². The molecule has 0 unspecified atom stereocenters. The molecular weight excluding hydrogens is 284 g/mol. The van der Waals surface area contributed by atoms with Crippen molar-refractivity contribution in [1.82, 2.24) is 15.3 Å². The van der Waals surface area contributed by atoms with Crippen LogP contribution in [0.1, 0.15) is 34.6 Å². The number of aromatic nitrogens is 2. The van der Waals surface area contributed by atoms with Gasteiger partial charge in [-0.15, -0.1) is 0 Å². The number of aryl methyl sites for hydroxylation is 1. The fraction of sp³-hybridized carbons (Fsp3) is 0.400. The molecule has 6 heteroatoms. The molecule has 2 aromatic heterocycles. The number of hydrogen-bond donors (Lipinski definition) is 1. The molecule has 0 saturated carbocycles. The number of anilines is 1. The number of hydrogen-bond acceptors (Lipinski definition) is 5. The van der Waals surface area contributed by atoms with Crippen LogP contribution in [-0.4, -0.2) is 29.0 Å². The van der Waals surface area contributed by atoms with Crippen LogP contribution in [0.4, 0.5) is 5.95 Å². The first-order valence-corrected chi connectivity index (χ1v) is 8.06. The van der Waals surface area contributed by atoms with Gasteiger partial charge in [-0.2, -0.15) is 11.3 Å². The summed E-state index contributed by atoms with van der Waals surface area (Å²) in [7, 11) is 0. The molecule has 5 nitrogen and oxygen atoms in total. The molecule has 0 radical (unpaired) electrons. The van der Waals surface area contributed by atoms with Crippen molar-refractivity contribution >= 4 is 23.2 Å². The molecule has 0 atom stereocenters. The summed E-state index contributed by atoms with van der Waals surface area (Å²) in [6.45, 7) is 4.43. The van der Waals surface area contributed by atoms with Gasteiger partial charge in [-0.05, 0) is 37.3 Å². The van der Waals surface area contributed by atoms with Gasteiger partial charge in [-0.3, -0.25) is 4.79 Å². The van der Waals surface area contributed by atoms with Gasteiger partial charge in [0.1, 0.15) is 0 Å². The summed E-state index contributed by atoms with van der Waals surface area (Å²) in [5.74, 6) is 0.725. The average molecular weight is 302 g/mol. The molecule has 1 N–H and O–H groups in total. The van der Waals surface area contributed by atoms with Gasteiger partial charge in [0.05, 0.1) is 12.2 Å². The second kappa shape index (κ2) is 6.22. The van der Waals surface area contributed by atoms with Gasteiger partial charge in [0.25, 0.3) is 5.91 Å². The third-order valence-electron chi connectivity index (χ3n) is 3.50. The number of thiophene rings is 1. The highest BCUT2D eigenvalue weighted by Gasteiger charge is 2.16. The maximum atomic E-state index is 11.9. The van der Waals surface area contributed by atoms with Gasteiger partial charge in [-0.25, -0.2) is 9.97 Å². The first-order valence-electron chi connectivity index (χ1n) is 7.12. The molecular formula is C15H18N4OS. The summed E-state index contributed by atoms with van der Waals surface area (Å²) in [4.78, 5) is 23.2. The second-order valence-electron chi connectivity index (χ2n) is 5.19. The quantitative estimate of drug-likeness (QED) is 0.942. The van der Waals surface area contributed by atoms with Crippen LogP contribution in [0, 0.1) is 6.92 Å². The summed E-state index contributed by atoms with van der Waals surface area (Å²) in [5, 5.41) is 6.65. The Bertz CT molecular complexity index is 621. The normalized spacial score (nSPS) is 14.4. The van der Waals surface area contributed by atoms with E-state index >= 15 is 0 Å². The number of nitrogens with one attached hydrogen (secondary N) is 1. The number of carbonyl (C=O) groups is 1. The van der Waals surface area contributed by atoms with Crippen LogP contribution in [0.2, 0.25) is 0 Å². The van der Waals surface area contributed by atoms with Crippen molar-refractivity contribution in [2.75, 3.05) is 18.0 Å². The van der Waals surface area contributed by atoms with Crippen LogP contribution in [0.15, 0.2) is 22.9 Å². The Balaban J connectivity index is 1.69. The zero-order valence-corrected chi connectivity index (χ0v) is 12.8. The molecule has 110 valence electrons. The molecule has 1 aliphatic heterocycles. The zero-order chi connectivity index (χ0) is 14.7. The number of amides is 1. The molecule has 3 heterocycles. The first-order chi connectivity index (χ1) is 10.2. The van der Waals surface area contributed by atoms with E-state index in [0.29, 0.717) is 12.1 Å². The third-order valence-corrected chi connectivity index (χ3v) is 4.18. The zero-order valence-electron chi connectivity index (χ0n) is 12.0. The van der Waals surface area contributed by atoms with E-state index in [4.69, 9.17) is 0 Å². The molecule has 1 amide bonds. The number of nitrogens with zero attached hydrogens (tertiary/aromatic N) is 3. The Morgan fingerprint density at radius 1 is 1.38 bits per heavy atom. The van der Waals surface area contributed by atoms with E-state index in [0.717, 1.165) is 30.4 Å². The molecule has 0 aliphatic carbocycles. The predicted octanol–water partition coefficient (Wildman–Crippen LogP) is 2.38. The lowest BCUT2D eigenvalue weighted by Crippen LogP contribution is -2.25. The van der Waals surface area contributed by atoms with E-state index in [1.807, 2.05) is 29.8 Å². The van der Waals surface area contributed by atoms with Gasteiger partial charge >= 0.3 is 0 Å². The monoisotopic (exact) mass is 302 g/mol. The smallest absolute Gasteiger partial charge is 0.252 e. The predicted molar refractivity (Wildman–Crippen MR) is 83.7 cm³/mol. The number of rotatable bonds is 4. The van der Waals surface area contributed by atoms with Crippen LogP contribution in [-0.2, 0) is 6.54 Å². The van der Waals surface area contributed by atoms with Crippen LogP contribution in [0.5, 0.6) is 0 Å². The molecule has 1 saturated heterocycles. The molecule has 0 bridgehead atoms. The van der Waals surface area contributed by atoms with E-state index in [2.05, 4.69) is 20.2 Å². The average Bonchev–Trinajstić information content (AvgIpc) is 3.16. The van der Waals surface area contributed by atoms with Crippen LogP contribution >= 0.6 is 11.3 Å². The van der Waals surface area contributed by atoms with Gasteiger partial charge in [0, 0.05) is 29.7 Å². The summed E-state index contributed by atoms with van der Waals surface area (Å²) in [5.41, 5.74) is 2.49. The minimum Gasteiger partial charge on any atom is -0.346 e. The Morgan fingerprint density at radius 2 is 2.19 bits per heavy atom. The highest BCUT2D eigenvalue weighted by Crippen LogP contribution is 2.16. The van der Waals surface area contributed by atoms with Crippen LogP contribution in [0.3, 0.4) is 0 Å². The molecule has 21 heavy (non-hydrogen) atoms. The highest BCUT2D eigenvalue weighted by molar-refractivity contribution is 7.08. The molecule has 1 fully saturated rings. The molecule has 0 spiro atoms. The topological polar surface area (TPSA) is 58.1 Å². The lowest BCUT2D eigenvalue weighted by atomic mass is 10.3. The summed E-state index contributed by atoms with van der Waals surface area (Å²) < 4.78 is 0. The Labute approximate surface area is 128 Å². The summed E-state index contributed by atoms with van der Waals surface area (Å²) in [6, 6.07) is 3.74. The molecule has 2 aromatic rings. The van der Waals surface area contributed by atoms with Crippen molar-refractivity contribution in [3.05, 3.63) is 39.8 Å². The van der Waals surface area contributed by atoms with Crippen molar-refractivity contribution in [2.24, 2.45) is 0 Å². The minimum absolute atomic E-state index is 0.0600. The standard InChI is InChI=1S/C15H18N4OS/c1-11-8-13(9-16-14(20)12-4-7-21-10-12)18-15(17-11)19-5-2-3-6-19/h4,7-8,10H,2-3,5-6,9H2,1H3,(H,16,20). The molecule has 1 aliphatic rings. The lowest BCUT2D eigenvalue weighted by molar-refractivity contribution is 0.0951. The SMILES string of the molecule is Cc1cc(CNC(=O)c2ccsc2)nc(N2CCCC2)n1. The van der Waals surface area contributed by atoms with Crippen LogP contribution < -0.4 is 10.2 Å². The van der Waals surface area contributed by atoms with Crippen molar-refractivity contribution in [1.29, 1.82) is 0 Å². The molecule has 3 rings (SSSR count). The molecule has 0 aromatic carbocycles. The van der Waals surface area contributed by atoms with Crippen molar-refractivity contribution in [2.45, 2.75) is 26.3 Å². The maximum absolute atomic E-state index is 11.9. The first kappa shape index (κ1) is 14.0. The second-order valence-corrected chi connectivity index (χ2v) is 5.97. The van der Waals surface area contributed by atoms with E-state index in [9.17, 15) is 4.79 Å².